The highest BCUT2D eigenvalue weighted by atomic mass is 79.9. The van der Waals surface area contributed by atoms with E-state index in [1.54, 1.807) is 41.7 Å². The fourth-order valence-corrected chi connectivity index (χ4v) is 3.74. The molecular formula is C14H8Br2O3S. The van der Waals surface area contributed by atoms with Crippen LogP contribution in [0.15, 0.2) is 38.6 Å². The molecule has 1 aliphatic heterocycles. The molecule has 3 rings (SSSR count). The van der Waals surface area contributed by atoms with Gasteiger partial charge in [-0.25, -0.2) is 0 Å². The highest BCUT2D eigenvalue weighted by Crippen LogP contribution is 2.34. The van der Waals surface area contributed by atoms with Crippen LogP contribution in [0.25, 0.3) is 6.08 Å². The van der Waals surface area contributed by atoms with Gasteiger partial charge in [0.1, 0.15) is 0 Å². The molecule has 0 fully saturated rings. The maximum atomic E-state index is 12.1. The number of rotatable bonds is 3. The summed E-state index contributed by atoms with van der Waals surface area (Å²) >= 11 is 8.40. The number of hydrogen-bond acceptors (Lipinski definition) is 4. The minimum atomic E-state index is -0.0658. The van der Waals surface area contributed by atoms with Crippen LogP contribution in [0.2, 0.25) is 0 Å². The first-order valence-electron chi connectivity index (χ1n) is 5.70. The maximum Gasteiger partial charge on any atom is 0.231 e. The van der Waals surface area contributed by atoms with E-state index in [0.717, 1.165) is 13.1 Å². The summed E-state index contributed by atoms with van der Waals surface area (Å²) in [7, 11) is 0. The summed E-state index contributed by atoms with van der Waals surface area (Å²) in [6.07, 6.45) is 3.36. The lowest BCUT2D eigenvalue weighted by Gasteiger charge is -1.98. The Balaban J connectivity index is 1.79. The molecule has 0 saturated carbocycles. The summed E-state index contributed by atoms with van der Waals surface area (Å²) in [5, 5.41) is 0. The molecular weight excluding hydrogens is 408 g/mol. The molecule has 3 nitrogen and oxygen atoms in total. The largest absolute Gasteiger partial charge is 0.454 e. The number of thiophene rings is 1. The van der Waals surface area contributed by atoms with Crippen LogP contribution in [0.4, 0.5) is 0 Å². The molecule has 0 saturated heterocycles. The second-order valence-electron chi connectivity index (χ2n) is 4.04. The van der Waals surface area contributed by atoms with Crippen molar-refractivity contribution in [3.63, 3.8) is 0 Å². The summed E-state index contributed by atoms with van der Waals surface area (Å²) in [6.45, 7) is 0.208. The SMILES string of the molecule is O=C(/C=C/c1cc(Br)c(Br)s1)c1ccc2c(c1)OCO2. The monoisotopic (exact) mass is 414 g/mol. The van der Waals surface area contributed by atoms with E-state index < -0.39 is 0 Å². The Morgan fingerprint density at radius 3 is 2.75 bits per heavy atom. The van der Waals surface area contributed by atoms with E-state index in [1.807, 2.05) is 6.07 Å². The number of carbonyl (C=O) groups excluding carboxylic acids is 1. The standard InChI is InChI=1S/C14H8Br2O3S/c15-10-6-9(20-14(10)16)2-3-11(17)8-1-4-12-13(5-8)19-7-18-12/h1-6H,7H2/b3-2+. The fraction of sp³-hybridized carbons (Fsp3) is 0.0714. The van der Waals surface area contributed by atoms with Crippen LogP contribution in [0.3, 0.4) is 0 Å². The molecule has 20 heavy (non-hydrogen) atoms. The van der Waals surface area contributed by atoms with Crippen LogP contribution in [0.5, 0.6) is 11.5 Å². The third kappa shape index (κ3) is 2.82. The van der Waals surface area contributed by atoms with Gasteiger partial charge in [0, 0.05) is 14.9 Å². The fourth-order valence-electron chi connectivity index (χ4n) is 1.75. The van der Waals surface area contributed by atoms with Gasteiger partial charge in [-0.05, 0) is 68.3 Å². The maximum absolute atomic E-state index is 12.1. The van der Waals surface area contributed by atoms with Crippen LogP contribution in [0.1, 0.15) is 15.2 Å². The summed E-state index contributed by atoms with van der Waals surface area (Å²) in [6, 6.07) is 7.15. The second kappa shape index (κ2) is 5.71. The molecule has 0 spiro atoms. The molecule has 0 amide bonds. The van der Waals surface area contributed by atoms with E-state index in [0.29, 0.717) is 17.1 Å². The Labute approximate surface area is 136 Å². The normalized spacial score (nSPS) is 13.1. The Hall–Kier alpha value is -1.11. The van der Waals surface area contributed by atoms with Crippen LogP contribution in [-0.2, 0) is 0 Å². The Kier molecular flexibility index (Phi) is 3.96. The lowest BCUT2D eigenvalue weighted by atomic mass is 10.1. The first-order chi connectivity index (χ1) is 9.63. The number of allylic oxidation sites excluding steroid dienone is 1. The first kappa shape index (κ1) is 13.9. The average molecular weight is 416 g/mol. The minimum Gasteiger partial charge on any atom is -0.454 e. The third-order valence-corrected chi connectivity index (χ3v) is 5.94. The van der Waals surface area contributed by atoms with Crippen molar-refractivity contribution in [2.75, 3.05) is 6.79 Å². The van der Waals surface area contributed by atoms with E-state index in [1.165, 1.54) is 0 Å². The van der Waals surface area contributed by atoms with Crippen molar-refractivity contribution in [3.8, 4) is 11.5 Å². The molecule has 1 aromatic heterocycles. The first-order valence-corrected chi connectivity index (χ1v) is 8.10. The number of benzene rings is 1. The van der Waals surface area contributed by atoms with Gasteiger partial charge >= 0.3 is 0 Å². The van der Waals surface area contributed by atoms with Crippen LogP contribution in [0, 0.1) is 0 Å². The zero-order valence-corrected chi connectivity index (χ0v) is 14.0. The lowest BCUT2D eigenvalue weighted by Crippen LogP contribution is -1.94. The Morgan fingerprint density at radius 1 is 1.20 bits per heavy atom. The van der Waals surface area contributed by atoms with E-state index >= 15 is 0 Å². The van der Waals surface area contributed by atoms with Crippen molar-refractivity contribution < 1.29 is 14.3 Å². The second-order valence-corrected chi connectivity index (χ2v) is 7.29. The van der Waals surface area contributed by atoms with E-state index in [-0.39, 0.29) is 12.6 Å². The summed E-state index contributed by atoms with van der Waals surface area (Å²) in [4.78, 5) is 13.1. The van der Waals surface area contributed by atoms with Crippen molar-refractivity contribution in [1.82, 2.24) is 0 Å². The third-order valence-electron chi connectivity index (χ3n) is 2.72. The summed E-state index contributed by atoms with van der Waals surface area (Å²) in [5.41, 5.74) is 0.584. The zero-order chi connectivity index (χ0) is 14.1. The zero-order valence-electron chi connectivity index (χ0n) is 10.1. The van der Waals surface area contributed by atoms with Gasteiger partial charge in [-0.3, -0.25) is 4.79 Å². The Morgan fingerprint density at radius 2 is 2.00 bits per heavy atom. The number of halogens is 2. The molecule has 0 aliphatic carbocycles. The highest BCUT2D eigenvalue weighted by molar-refractivity contribution is 9.13. The molecule has 6 heteroatoms. The molecule has 2 heterocycles. The number of fused-ring (bicyclic) bond motifs is 1. The number of hydrogen-bond donors (Lipinski definition) is 0. The molecule has 1 aliphatic rings. The van der Waals surface area contributed by atoms with Gasteiger partial charge < -0.3 is 9.47 Å². The highest BCUT2D eigenvalue weighted by Gasteiger charge is 2.15. The van der Waals surface area contributed by atoms with Crippen LogP contribution < -0.4 is 9.47 Å². The van der Waals surface area contributed by atoms with Gasteiger partial charge in [0.2, 0.25) is 6.79 Å². The van der Waals surface area contributed by atoms with E-state index in [9.17, 15) is 4.79 Å². The summed E-state index contributed by atoms with van der Waals surface area (Å²) < 4.78 is 12.5. The number of carbonyl (C=O) groups is 1. The molecule has 0 radical (unpaired) electrons. The van der Waals surface area contributed by atoms with Gasteiger partial charge in [0.15, 0.2) is 17.3 Å². The average Bonchev–Trinajstić information content (AvgIpc) is 3.02. The van der Waals surface area contributed by atoms with Gasteiger partial charge in [0.05, 0.1) is 3.79 Å². The Bertz CT molecular complexity index is 687. The number of ketones is 1. The van der Waals surface area contributed by atoms with Crippen molar-refractivity contribution in [2.24, 2.45) is 0 Å². The molecule has 102 valence electrons. The van der Waals surface area contributed by atoms with Gasteiger partial charge in [-0.2, -0.15) is 0 Å². The molecule has 0 N–H and O–H groups in total. The molecule has 0 unspecified atom stereocenters. The molecule has 1 aromatic carbocycles. The summed E-state index contributed by atoms with van der Waals surface area (Å²) in [5.74, 6) is 1.23. The molecule has 2 aromatic rings. The minimum absolute atomic E-state index is 0.0658. The topological polar surface area (TPSA) is 35.5 Å². The smallest absolute Gasteiger partial charge is 0.231 e. The predicted octanol–water partition coefficient (Wildman–Crippen LogP) is 4.90. The van der Waals surface area contributed by atoms with Crippen molar-refractivity contribution >= 4 is 55.1 Å². The van der Waals surface area contributed by atoms with Crippen LogP contribution in [-0.4, -0.2) is 12.6 Å². The van der Waals surface area contributed by atoms with Crippen molar-refractivity contribution in [3.05, 3.63) is 49.0 Å². The van der Waals surface area contributed by atoms with Gasteiger partial charge in [-0.1, -0.05) is 0 Å². The molecule has 0 bridgehead atoms. The van der Waals surface area contributed by atoms with E-state index in [4.69, 9.17) is 9.47 Å². The van der Waals surface area contributed by atoms with Gasteiger partial charge in [-0.15, -0.1) is 11.3 Å². The van der Waals surface area contributed by atoms with Crippen molar-refractivity contribution in [2.45, 2.75) is 0 Å². The molecule has 0 atom stereocenters. The van der Waals surface area contributed by atoms with Crippen LogP contribution >= 0.6 is 43.2 Å². The van der Waals surface area contributed by atoms with E-state index in [2.05, 4.69) is 31.9 Å². The number of ether oxygens (including phenoxy) is 2. The van der Waals surface area contributed by atoms with Crippen molar-refractivity contribution in [1.29, 1.82) is 0 Å². The predicted molar refractivity (Wildman–Crippen MR) is 85.6 cm³/mol. The van der Waals surface area contributed by atoms with Gasteiger partial charge in [0.25, 0.3) is 0 Å². The quantitative estimate of drug-likeness (QED) is 0.528. The lowest BCUT2D eigenvalue weighted by molar-refractivity contribution is 0.104.